The SMILES string of the molecule is CC=C([Te]CCCC)c1ccccc1. The van der Waals surface area contributed by atoms with E-state index in [9.17, 15) is 0 Å². The Kier molecular flexibility index (Phi) is 5.99. The van der Waals surface area contributed by atoms with Crippen LogP contribution in [0.4, 0.5) is 0 Å². The van der Waals surface area contributed by atoms with Crippen LogP contribution in [0.3, 0.4) is 0 Å². The van der Waals surface area contributed by atoms with Gasteiger partial charge in [0.2, 0.25) is 0 Å². The molecule has 0 atom stereocenters. The topological polar surface area (TPSA) is 0 Å². The van der Waals surface area contributed by atoms with Crippen LogP contribution in [0.1, 0.15) is 32.3 Å². The van der Waals surface area contributed by atoms with E-state index in [1.54, 1.807) is 3.62 Å². The van der Waals surface area contributed by atoms with Crippen molar-refractivity contribution in [3.63, 3.8) is 0 Å². The maximum absolute atomic E-state index is 2.30. The Morgan fingerprint density at radius 2 is 2.00 bits per heavy atom. The number of rotatable bonds is 5. The van der Waals surface area contributed by atoms with E-state index in [4.69, 9.17) is 0 Å². The standard InChI is InChI=1S/C13H18Te/c1-3-5-11-14-13(4-2)12-9-7-6-8-10-12/h4,6-10H,3,5,11H2,1-2H3. The second kappa shape index (κ2) is 7.10. The van der Waals surface area contributed by atoms with Crippen LogP contribution in [0.2, 0.25) is 4.47 Å². The third kappa shape index (κ3) is 3.86. The Bertz CT molecular complexity index is 275. The van der Waals surface area contributed by atoms with Crippen molar-refractivity contribution >= 4 is 24.5 Å². The fourth-order valence-corrected chi connectivity index (χ4v) is 4.47. The summed E-state index contributed by atoms with van der Waals surface area (Å²) in [5.41, 5.74) is 1.44. The number of benzene rings is 1. The molecule has 1 rings (SSSR count). The monoisotopic (exact) mass is 304 g/mol. The van der Waals surface area contributed by atoms with Crippen molar-refractivity contribution in [3.8, 4) is 0 Å². The van der Waals surface area contributed by atoms with Crippen molar-refractivity contribution < 1.29 is 0 Å². The minimum atomic E-state index is 0.0564. The molecule has 0 aliphatic carbocycles. The van der Waals surface area contributed by atoms with Crippen LogP contribution >= 0.6 is 0 Å². The Balaban J connectivity index is 2.56. The molecule has 1 heteroatoms. The van der Waals surface area contributed by atoms with Crippen LogP contribution < -0.4 is 0 Å². The van der Waals surface area contributed by atoms with Gasteiger partial charge in [0, 0.05) is 0 Å². The van der Waals surface area contributed by atoms with Crippen LogP contribution in [0.25, 0.3) is 3.62 Å². The molecule has 0 aliphatic heterocycles. The van der Waals surface area contributed by atoms with Gasteiger partial charge in [-0.1, -0.05) is 0 Å². The van der Waals surface area contributed by atoms with Crippen LogP contribution in [-0.2, 0) is 0 Å². The number of hydrogen-bond acceptors (Lipinski definition) is 0. The fraction of sp³-hybridized carbons (Fsp3) is 0.385. The molecule has 0 bridgehead atoms. The van der Waals surface area contributed by atoms with Gasteiger partial charge in [-0.15, -0.1) is 0 Å². The van der Waals surface area contributed by atoms with Gasteiger partial charge in [0.25, 0.3) is 0 Å². The first-order valence-corrected chi connectivity index (χ1v) is 8.04. The molecule has 0 spiro atoms. The molecule has 0 amide bonds. The summed E-state index contributed by atoms with van der Waals surface area (Å²) in [6.45, 7) is 4.43. The van der Waals surface area contributed by atoms with Gasteiger partial charge >= 0.3 is 97.7 Å². The van der Waals surface area contributed by atoms with Crippen LogP contribution in [0.15, 0.2) is 36.4 Å². The molecule has 0 heterocycles. The summed E-state index contributed by atoms with van der Waals surface area (Å²) in [6.07, 6.45) is 5.02. The van der Waals surface area contributed by atoms with Gasteiger partial charge in [-0.2, -0.15) is 0 Å². The summed E-state index contributed by atoms with van der Waals surface area (Å²) < 4.78 is 3.06. The Morgan fingerprint density at radius 1 is 1.29 bits per heavy atom. The van der Waals surface area contributed by atoms with Crippen molar-refractivity contribution in [2.75, 3.05) is 0 Å². The summed E-state index contributed by atoms with van der Waals surface area (Å²) in [5, 5.41) is 0. The molecule has 14 heavy (non-hydrogen) atoms. The summed E-state index contributed by atoms with van der Waals surface area (Å²) in [6, 6.07) is 10.8. The van der Waals surface area contributed by atoms with Gasteiger partial charge in [-0.25, -0.2) is 0 Å². The second-order valence-corrected chi connectivity index (χ2v) is 6.47. The number of allylic oxidation sites excluding steroid dienone is 1. The quantitative estimate of drug-likeness (QED) is 0.570. The van der Waals surface area contributed by atoms with Crippen molar-refractivity contribution in [1.29, 1.82) is 0 Å². The molecule has 0 aromatic heterocycles. The van der Waals surface area contributed by atoms with E-state index in [-0.39, 0.29) is 20.9 Å². The molecule has 0 radical (unpaired) electrons. The normalized spacial score (nSPS) is 11.7. The van der Waals surface area contributed by atoms with Gasteiger partial charge in [-0.05, 0) is 0 Å². The molecule has 1 aromatic carbocycles. The zero-order valence-electron chi connectivity index (χ0n) is 8.99. The Labute approximate surface area is 97.5 Å². The molecule has 0 aliphatic rings. The number of unbranched alkanes of at least 4 members (excludes halogenated alkanes) is 1. The molecule has 0 fully saturated rings. The average molecular weight is 302 g/mol. The minimum absolute atomic E-state index is 0.0564. The molecule has 1 aromatic rings. The van der Waals surface area contributed by atoms with Crippen LogP contribution in [0.5, 0.6) is 0 Å². The molecule has 76 valence electrons. The fourth-order valence-electron chi connectivity index (χ4n) is 1.26. The molecular weight excluding hydrogens is 284 g/mol. The first-order chi connectivity index (χ1) is 6.88. The van der Waals surface area contributed by atoms with Crippen molar-refractivity contribution in [1.82, 2.24) is 0 Å². The van der Waals surface area contributed by atoms with E-state index in [1.807, 2.05) is 0 Å². The second-order valence-electron chi connectivity index (χ2n) is 3.22. The zero-order chi connectivity index (χ0) is 10.2. The third-order valence-electron chi connectivity index (χ3n) is 2.08. The predicted molar refractivity (Wildman–Crippen MR) is 65.6 cm³/mol. The van der Waals surface area contributed by atoms with Crippen LogP contribution in [-0.4, -0.2) is 20.9 Å². The van der Waals surface area contributed by atoms with Crippen molar-refractivity contribution in [2.45, 2.75) is 31.2 Å². The van der Waals surface area contributed by atoms with E-state index >= 15 is 0 Å². The summed E-state index contributed by atoms with van der Waals surface area (Å²) in [4.78, 5) is 0. The molecular formula is C13H18Te. The molecule has 0 unspecified atom stereocenters. The summed E-state index contributed by atoms with van der Waals surface area (Å²) in [5.74, 6) is 0. The van der Waals surface area contributed by atoms with Crippen LogP contribution in [0, 0.1) is 0 Å². The Morgan fingerprint density at radius 3 is 2.57 bits per heavy atom. The van der Waals surface area contributed by atoms with Gasteiger partial charge in [0.1, 0.15) is 0 Å². The van der Waals surface area contributed by atoms with Crippen molar-refractivity contribution in [3.05, 3.63) is 42.0 Å². The molecule has 0 saturated carbocycles. The van der Waals surface area contributed by atoms with Gasteiger partial charge in [0.05, 0.1) is 0 Å². The number of hydrogen-bond donors (Lipinski definition) is 0. The first kappa shape index (κ1) is 11.8. The van der Waals surface area contributed by atoms with Crippen molar-refractivity contribution in [2.24, 2.45) is 0 Å². The summed E-state index contributed by atoms with van der Waals surface area (Å²) in [7, 11) is 0. The summed E-state index contributed by atoms with van der Waals surface area (Å²) >= 11 is 0.0564. The molecule has 0 N–H and O–H groups in total. The van der Waals surface area contributed by atoms with E-state index < -0.39 is 0 Å². The van der Waals surface area contributed by atoms with E-state index in [0.29, 0.717) is 0 Å². The van der Waals surface area contributed by atoms with Gasteiger partial charge in [-0.3, -0.25) is 0 Å². The molecule has 0 nitrogen and oxygen atoms in total. The Hall–Kier alpha value is -0.250. The first-order valence-electron chi connectivity index (χ1n) is 5.23. The zero-order valence-corrected chi connectivity index (χ0v) is 11.3. The van der Waals surface area contributed by atoms with E-state index in [2.05, 4.69) is 50.3 Å². The average Bonchev–Trinajstić information content (AvgIpc) is 2.26. The van der Waals surface area contributed by atoms with E-state index in [1.165, 1.54) is 22.9 Å². The maximum atomic E-state index is 2.30. The van der Waals surface area contributed by atoms with Gasteiger partial charge in [0.15, 0.2) is 0 Å². The predicted octanol–water partition coefficient (Wildman–Crippen LogP) is 3.97. The third-order valence-corrected chi connectivity index (χ3v) is 5.72. The molecule has 0 saturated heterocycles. The van der Waals surface area contributed by atoms with E-state index in [0.717, 1.165) is 0 Å². The van der Waals surface area contributed by atoms with Gasteiger partial charge < -0.3 is 0 Å².